The molecule has 0 spiro atoms. The van der Waals surface area contributed by atoms with Crippen LogP contribution in [0.5, 0.6) is 0 Å². The van der Waals surface area contributed by atoms with Gasteiger partial charge in [-0.25, -0.2) is 0 Å². The van der Waals surface area contributed by atoms with Gasteiger partial charge in [0, 0.05) is 14.2 Å². The van der Waals surface area contributed by atoms with E-state index in [1.165, 1.54) is 11.8 Å². The topological polar surface area (TPSA) is 56.8 Å². The molecule has 0 fully saturated rings. The van der Waals surface area contributed by atoms with Crippen molar-refractivity contribution in [3.63, 3.8) is 0 Å². The zero-order chi connectivity index (χ0) is 8.69. The number of hydrogen-bond acceptors (Lipinski definition) is 4. The van der Waals surface area contributed by atoms with Gasteiger partial charge in [-0.15, -0.1) is 24.0 Å². The minimum Gasteiger partial charge on any atom is -0.379 e. The summed E-state index contributed by atoms with van der Waals surface area (Å²) >= 11 is 1.40. The molecule has 0 aromatic carbocycles. The molecule has 0 bridgehead atoms. The number of halogens is 1. The minimum atomic E-state index is -0.291. The number of nitrogens with zero attached hydrogens (tertiary/aromatic N) is 1. The van der Waals surface area contributed by atoms with Gasteiger partial charge in [-0.3, -0.25) is 4.99 Å². The van der Waals surface area contributed by atoms with E-state index in [1.54, 1.807) is 14.2 Å². The highest BCUT2D eigenvalue weighted by atomic mass is 127. The van der Waals surface area contributed by atoms with Gasteiger partial charge in [0.05, 0.1) is 6.54 Å². The van der Waals surface area contributed by atoms with Crippen molar-refractivity contribution >= 4 is 40.9 Å². The summed E-state index contributed by atoms with van der Waals surface area (Å²) in [5, 5.41) is 0.545. The van der Waals surface area contributed by atoms with Gasteiger partial charge in [-0.1, -0.05) is 11.8 Å². The Hall–Kier alpha value is 0.470. The summed E-state index contributed by atoms with van der Waals surface area (Å²) in [6.07, 6.45) is 1.58. The highest BCUT2D eigenvalue weighted by Crippen LogP contribution is 1.95. The second-order valence-corrected chi connectivity index (χ2v) is 2.61. The number of aliphatic imine (C=N–C) groups is 1. The summed E-state index contributed by atoms with van der Waals surface area (Å²) < 4.78 is 9.80. The Bertz CT molecular complexity index is 131. The average molecular weight is 306 g/mol. The average Bonchev–Trinajstić information content (AvgIpc) is 2.06. The van der Waals surface area contributed by atoms with Crippen molar-refractivity contribution in [2.24, 2.45) is 10.7 Å². The van der Waals surface area contributed by atoms with E-state index >= 15 is 0 Å². The molecule has 0 amide bonds. The molecule has 12 heavy (non-hydrogen) atoms. The van der Waals surface area contributed by atoms with Crippen molar-refractivity contribution < 1.29 is 9.47 Å². The smallest absolute Gasteiger partial charge is 0.176 e. The van der Waals surface area contributed by atoms with E-state index in [1.807, 2.05) is 6.26 Å². The van der Waals surface area contributed by atoms with Gasteiger partial charge in [0.15, 0.2) is 11.5 Å². The lowest BCUT2D eigenvalue weighted by molar-refractivity contribution is -0.0936. The van der Waals surface area contributed by atoms with Crippen LogP contribution in [-0.2, 0) is 9.47 Å². The number of thioether (sulfide) groups is 1. The molecule has 0 aliphatic rings. The number of hydrogen-bond donors (Lipinski definition) is 1. The summed E-state index contributed by atoms with van der Waals surface area (Å²) in [6.45, 7) is 0.444. The van der Waals surface area contributed by atoms with Gasteiger partial charge >= 0.3 is 0 Å². The van der Waals surface area contributed by atoms with Crippen LogP contribution in [0.25, 0.3) is 0 Å². The Labute approximate surface area is 94.3 Å². The van der Waals surface area contributed by atoms with Gasteiger partial charge in [0.2, 0.25) is 0 Å². The number of amidine groups is 1. The molecule has 0 rings (SSSR count). The van der Waals surface area contributed by atoms with Crippen LogP contribution in [0.1, 0.15) is 0 Å². The standard InChI is InChI=1S/C6H14N2O2S.HI/c1-9-5(10-2)4-8-6(7)11-3;/h5H,4H2,1-3H3,(H2,7,8);1H. The van der Waals surface area contributed by atoms with Crippen LogP contribution in [0, 0.1) is 0 Å². The number of rotatable bonds is 4. The molecule has 2 N–H and O–H groups in total. The maximum atomic E-state index is 5.43. The lowest BCUT2D eigenvalue weighted by atomic mass is 10.6. The Morgan fingerprint density at radius 2 is 2.00 bits per heavy atom. The van der Waals surface area contributed by atoms with Gasteiger partial charge in [-0.05, 0) is 6.26 Å². The van der Waals surface area contributed by atoms with Crippen LogP contribution in [0.4, 0.5) is 0 Å². The van der Waals surface area contributed by atoms with Gasteiger partial charge in [-0.2, -0.15) is 0 Å². The zero-order valence-corrected chi connectivity index (χ0v) is 10.6. The number of methoxy groups -OCH3 is 2. The predicted molar refractivity (Wildman–Crippen MR) is 63.2 cm³/mol. The molecule has 0 unspecified atom stereocenters. The first-order valence-corrected chi connectivity index (χ1v) is 4.36. The molecule has 74 valence electrons. The van der Waals surface area contributed by atoms with Crippen molar-refractivity contribution in [3.8, 4) is 0 Å². The quantitative estimate of drug-likeness (QED) is 0.363. The fraction of sp³-hybridized carbons (Fsp3) is 0.833. The van der Waals surface area contributed by atoms with E-state index in [0.717, 1.165) is 0 Å². The fourth-order valence-corrected chi connectivity index (χ4v) is 0.678. The van der Waals surface area contributed by atoms with Crippen molar-refractivity contribution in [1.82, 2.24) is 0 Å². The molecule has 0 aromatic heterocycles. The molecule has 0 aliphatic heterocycles. The van der Waals surface area contributed by atoms with Gasteiger partial charge in [0.1, 0.15) is 0 Å². The SMILES string of the molecule is COC(CN=C(N)SC)OC.I. The number of nitrogens with two attached hydrogens (primary N) is 1. The summed E-state index contributed by atoms with van der Waals surface area (Å²) in [7, 11) is 3.14. The van der Waals surface area contributed by atoms with Gasteiger partial charge in [0.25, 0.3) is 0 Å². The molecular formula is C6H15IN2O2S. The van der Waals surface area contributed by atoms with Crippen molar-refractivity contribution in [3.05, 3.63) is 0 Å². The summed E-state index contributed by atoms with van der Waals surface area (Å²) in [6, 6.07) is 0. The molecule has 0 atom stereocenters. The van der Waals surface area contributed by atoms with E-state index in [4.69, 9.17) is 15.2 Å². The second kappa shape index (κ2) is 9.56. The van der Waals surface area contributed by atoms with E-state index in [2.05, 4.69) is 4.99 Å². The lowest BCUT2D eigenvalue weighted by Gasteiger charge is -2.09. The molecule has 0 radical (unpaired) electrons. The summed E-state index contributed by atoms with van der Waals surface area (Å²) in [4.78, 5) is 3.99. The molecular weight excluding hydrogens is 291 g/mol. The highest BCUT2D eigenvalue weighted by molar-refractivity contribution is 14.0. The van der Waals surface area contributed by atoms with Crippen molar-refractivity contribution in [2.45, 2.75) is 6.29 Å². The number of ether oxygens (including phenoxy) is 2. The zero-order valence-electron chi connectivity index (χ0n) is 7.44. The molecule has 0 saturated carbocycles. The molecule has 6 heteroatoms. The second-order valence-electron chi connectivity index (χ2n) is 1.78. The monoisotopic (exact) mass is 306 g/mol. The van der Waals surface area contributed by atoms with Crippen LogP contribution in [-0.4, -0.2) is 38.5 Å². The highest BCUT2D eigenvalue weighted by Gasteiger charge is 2.02. The third-order valence-electron chi connectivity index (χ3n) is 1.13. The van der Waals surface area contributed by atoms with Crippen molar-refractivity contribution in [1.29, 1.82) is 0 Å². The van der Waals surface area contributed by atoms with Crippen LogP contribution >= 0.6 is 35.7 Å². The van der Waals surface area contributed by atoms with Crippen LogP contribution in [0.2, 0.25) is 0 Å². The van der Waals surface area contributed by atoms with E-state index in [9.17, 15) is 0 Å². The van der Waals surface area contributed by atoms with Crippen molar-refractivity contribution in [2.75, 3.05) is 27.0 Å². The predicted octanol–water partition coefficient (Wildman–Crippen LogP) is 0.901. The van der Waals surface area contributed by atoms with Gasteiger partial charge < -0.3 is 15.2 Å². The Morgan fingerprint density at radius 1 is 1.50 bits per heavy atom. The molecule has 0 heterocycles. The molecule has 0 saturated heterocycles. The van der Waals surface area contributed by atoms with Crippen LogP contribution in [0.3, 0.4) is 0 Å². The Balaban J connectivity index is 0. The minimum absolute atomic E-state index is 0. The molecule has 0 aliphatic carbocycles. The first-order valence-electron chi connectivity index (χ1n) is 3.14. The van der Waals surface area contributed by atoms with E-state index in [-0.39, 0.29) is 30.3 Å². The Kier molecular flexibility index (Phi) is 11.9. The normalized spacial score (nSPS) is 11.5. The molecule has 4 nitrogen and oxygen atoms in total. The third-order valence-corrected chi connectivity index (χ3v) is 1.68. The maximum Gasteiger partial charge on any atom is 0.176 e. The fourth-order valence-electron chi connectivity index (χ4n) is 0.474. The molecule has 0 aromatic rings. The van der Waals surface area contributed by atoms with E-state index < -0.39 is 0 Å². The third kappa shape index (κ3) is 7.14. The maximum absolute atomic E-state index is 5.43. The van der Waals surface area contributed by atoms with E-state index in [0.29, 0.717) is 11.7 Å². The summed E-state index contributed by atoms with van der Waals surface area (Å²) in [5.41, 5.74) is 5.43. The first kappa shape index (κ1) is 15.0. The first-order chi connectivity index (χ1) is 5.24. The Morgan fingerprint density at radius 3 is 2.33 bits per heavy atom. The lowest BCUT2D eigenvalue weighted by Crippen LogP contribution is -2.19. The van der Waals surface area contributed by atoms with Crippen LogP contribution in [0.15, 0.2) is 4.99 Å². The largest absolute Gasteiger partial charge is 0.379 e. The van der Waals surface area contributed by atoms with Crippen LogP contribution < -0.4 is 5.73 Å². The summed E-state index contributed by atoms with van der Waals surface area (Å²) in [5.74, 6) is 0.